The van der Waals surface area contributed by atoms with Crippen molar-refractivity contribution in [2.24, 2.45) is 0 Å². The molecule has 0 atom stereocenters. The van der Waals surface area contributed by atoms with Gasteiger partial charge in [0.05, 0.1) is 5.56 Å². The van der Waals surface area contributed by atoms with Crippen LogP contribution in [0.15, 0.2) is 42.5 Å². The Morgan fingerprint density at radius 2 is 1.86 bits per heavy atom. The lowest BCUT2D eigenvalue weighted by Gasteiger charge is -2.09. The number of nitrogens with one attached hydrogen (secondary N) is 1. The topological polar surface area (TPSA) is 81.4 Å². The molecule has 2 rings (SSSR count). The van der Waals surface area contributed by atoms with Gasteiger partial charge in [-0.3, -0.25) is 4.79 Å². The Morgan fingerprint density at radius 3 is 2.55 bits per heavy atom. The van der Waals surface area contributed by atoms with E-state index in [1.807, 2.05) is 0 Å². The number of hydrogen-bond donors (Lipinski definition) is 2. The zero-order valence-electron chi connectivity index (χ0n) is 11.9. The molecule has 2 aromatic carbocycles. The summed E-state index contributed by atoms with van der Waals surface area (Å²) in [6.07, 6.45) is 0. The minimum atomic E-state index is -0.632. The second kappa shape index (κ2) is 6.95. The fourth-order valence-corrected chi connectivity index (χ4v) is 1.92. The van der Waals surface area contributed by atoms with Crippen molar-refractivity contribution in [2.45, 2.75) is 6.92 Å². The van der Waals surface area contributed by atoms with Crippen LogP contribution in [0.1, 0.15) is 15.9 Å². The summed E-state index contributed by atoms with van der Waals surface area (Å²) < 4.78 is 4.96. The number of ether oxygens (including phenoxy) is 1. The van der Waals surface area contributed by atoms with Crippen molar-refractivity contribution in [3.63, 3.8) is 0 Å². The molecule has 0 unspecified atom stereocenters. The first-order valence-electron chi connectivity index (χ1n) is 6.55. The molecule has 0 heterocycles. The molecule has 2 aromatic rings. The number of hydrogen-bond acceptors (Lipinski definition) is 4. The van der Waals surface area contributed by atoms with E-state index in [1.165, 1.54) is 0 Å². The molecule has 0 aliphatic heterocycles. The van der Waals surface area contributed by atoms with Gasteiger partial charge in [-0.25, -0.2) is 4.79 Å². The van der Waals surface area contributed by atoms with Gasteiger partial charge in [-0.05, 0) is 42.8 Å². The first kappa shape index (κ1) is 15.9. The Balaban J connectivity index is 1.92. The number of rotatable bonds is 4. The molecule has 0 spiro atoms. The summed E-state index contributed by atoms with van der Waals surface area (Å²) in [4.78, 5) is 23.7. The molecule has 22 heavy (non-hydrogen) atoms. The molecule has 0 aliphatic carbocycles. The van der Waals surface area contributed by atoms with Gasteiger partial charge in [0, 0.05) is 16.4 Å². The molecule has 0 saturated heterocycles. The quantitative estimate of drug-likeness (QED) is 0.670. The highest BCUT2D eigenvalue weighted by Crippen LogP contribution is 2.17. The van der Waals surface area contributed by atoms with Gasteiger partial charge in [-0.1, -0.05) is 23.7 Å². The lowest BCUT2D eigenvalue weighted by atomic mass is 10.1. The third-order valence-corrected chi connectivity index (χ3v) is 3.26. The molecule has 0 saturated carbocycles. The molecular weight excluding hydrogens is 304 g/mol. The number of amides is 1. The van der Waals surface area contributed by atoms with Crippen LogP contribution in [0.3, 0.4) is 0 Å². The van der Waals surface area contributed by atoms with E-state index in [4.69, 9.17) is 22.1 Å². The third kappa shape index (κ3) is 3.99. The van der Waals surface area contributed by atoms with Gasteiger partial charge < -0.3 is 15.8 Å². The lowest BCUT2D eigenvalue weighted by molar-refractivity contribution is -0.119. The molecule has 0 radical (unpaired) electrons. The average Bonchev–Trinajstić information content (AvgIpc) is 2.50. The number of benzene rings is 2. The number of anilines is 2. The minimum absolute atomic E-state index is 0.249. The van der Waals surface area contributed by atoms with E-state index in [-0.39, 0.29) is 5.56 Å². The monoisotopic (exact) mass is 318 g/mol. The maximum Gasteiger partial charge on any atom is 0.340 e. The number of carbonyl (C=O) groups excluding carboxylic acids is 2. The Kier molecular flexibility index (Phi) is 5.01. The number of aryl methyl sites for hydroxylation is 1. The van der Waals surface area contributed by atoms with Gasteiger partial charge in [0.25, 0.3) is 5.91 Å². The average molecular weight is 319 g/mol. The first-order chi connectivity index (χ1) is 10.5. The number of carbonyl (C=O) groups is 2. The molecule has 5 nitrogen and oxygen atoms in total. The van der Waals surface area contributed by atoms with Crippen molar-refractivity contribution < 1.29 is 14.3 Å². The highest BCUT2D eigenvalue weighted by Gasteiger charge is 2.14. The number of esters is 1. The molecule has 0 aliphatic rings. The fourth-order valence-electron chi connectivity index (χ4n) is 1.80. The first-order valence-corrected chi connectivity index (χ1v) is 6.93. The summed E-state index contributed by atoms with van der Waals surface area (Å²) in [7, 11) is 0. The predicted molar refractivity (Wildman–Crippen MR) is 86.0 cm³/mol. The van der Waals surface area contributed by atoms with Crippen LogP contribution >= 0.6 is 11.6 Å². The Morgan fingerprint density at radius 1 is 1.18 bits per heavy atom. The van der Waals surface area contributed by atoms with Crippen LogP contribution in [-0.2, 0) is 9.53 Å². The van der Waals surface area contributed by atoms with Crippen molar-refractivity contribution in [3.8, 4) is 0 Å². The minimum Gasteiger partial charge on any atom is -0.452 e. The van der Waals surface area contributed by atoms with E-state index >= 15 is 0 Å². The van der Waals surface area contributed by atoms with Crippen LogP contribution in [0.25, 0.3) is 0 Å². The Bertz CT molecular complexity index is 699. The van der Waals surface area contributed by atoms with E-state index in [9.17, 15) is 9.59 Å². The van der Waals surface area contributed by atoms with Gasteiger partial charge in [-0.2, -0.15) is 0 Å². The normalized spacial score (nSPS) is 10.1. The molecule has 6 heteroatoms. The summed E-state index contributed by atoms with van der Waals surface area (Å²) in [6.45, 7) is 1.40. The van der Waals surface area contributed by atoms with Crippen molar-refractivity contribution in [2.75, 3.05) is 17.7 Å². The second-order valence-electron chi connectivity index (χ2n) is 4.67. The van der Waals surface area contributed by atoms with Crippen molar-refractivity contribution in [3.05, 3.63) is 58.6 Å². The smallest absolute Gasteiger partial charge is 0.340 e. The third-order valence-electron chi connectivity index (χ3n) is 3.01. The van der Waals surface area contributed by atoms with Gasteiger partial charge in [0.2, 0.25) is 0 Å². The zero-order chi connectivity index (χ0) is 16.1. The number of nitrogens with two attached hydrogens (primary N) is 1. The van der Waals surface area contributed by atoms with Crippen LogP contribution in [0.5, 0.6) is 0 Å². The maximum absolute atomic E-state index is 11.9. The van der Waals surface area contributed by atoms with Crippen molar-refractivity contribution >= 4 is 34.9 Å². The number of halogens is 1. The Hall–Kier alpha value is -2.53. The summed E-state index contributed by atoms with van der Waals surface area (Å²) in [6, 6.07) is 11.7. The molecule has 114 valence electrons. The molecule has 1 amide bonds. The highest BCUT2D eigenvalue weighted by molar-refractivity contribution is 6.30. The predicted octanol–water partition coefficient (Wildman–Crippen LogP) is 3.03. The van der Waals surface area contributed by atoms with E-state index < -0.39 is 18.5 Å². The summed E-state index contributed by atoms with van der Waals surface area (Å²) in [5.41, 5.74) is 7.76. The summed E-state index contributed by atoms with van der Waals surface area (Å²) >= 11 is 5.75. The molecule has 0 aromatic heterocycles. The van der Waals surface area contributed by atoms with Crippen LogP contribution in [-0.4, -0.2) is 18.5 Å². The Labute approximate surface area is 133 Å². The molecular formula is C16H15ClN2O3. The number of para-hydroxylation sites is 1. The standard InChI is InChI=1S/C16H15ClN2O3/c1-10-3-2-4-13(15(10)18)16(21)22-9-14(20)19-12-7-5-11(17)6-8-12/h2-8H,9,18H2,1H3,(H,19,20). The zero-order valence-corrected chi connectivity index (χ0v) is 12.7. The van der Waals surface area contributed by atoms with Gasteiger partial charge >= 0.3 is 5.97 Å². The molecule has 0 bridgehead atoms. The van der Waals surface area contributed by atoms with Crippen LogP contribution < -0.4 is 11.1 Å². The van der Waals surface area contributed by atoms with Crippen LogP contribution in [0.2, 0.25) is 5.02 Å². The van der Waals surface area contributed by atoms with Gasteiger partial charge in [-0.15, -0.1) is 0 Å². The highest BCUT2D eigenvalue weighted by atomic mass is 35.5. The lowest BCUT2D eigenvalue weighted by Crippen LogP contribution is -2.21. The van der Waals surface area contributed by atoms with Crippen molar-refractivity contribution in [1.82, 2.24) is 0 Å². The summed E-state index contributed by atoms with van der Waals surface area (Å²) in [5, 5.41) is 3.16. The SMILES string of the molecule is Cc1cccc(C(=O)OCC(=O)Nc2ccc(Cl)cc2)c1N. The van der Waals surface area contributed by atoms with E-state index in [0.29, 0.717) is 16.4 Å². The molecule has 3 N–H and O–H groups in total. The van der Waals surface area contributed by atoms with Crippen molar-refractivity contribution in [1.29, 1.82) is 0 Å². The van der Waals surface area contributed by atoms with Crippen LogP contribution in [0.4, 0.5) is 11.4 Å². The van der Waals surface area contributed by atoms with E-state index in [1.54, 1.807) is 49.4 Å². The summed E-state index contributed by atoms with van der Waals surface area (Å²) in [5.74, 6) is -1.07. The van der Waals surface area contributed by atoms with Crippen LogP contribution in [0, 0.1) is 6.92 Å². The number of nitrogen functional groups attached to an aromatic ring is 1. The van der Waals surface area contributed by atoms with E-state index in [0.717, 1.165) is 5.56 Å². The fraction of sp³-hybridized carbons (Fsp3) is 0.125. The maximum atomic E-state index is 11.9. The second-order valence-corrected chi connectivity index (χ2v) is 5.10. The largest absolute Gasteiger partial charge is 0.452 e. The molecule has 0 fully saturated rings. The van der Waals surface area contributed by atoms with Gasteiger partial charge in [0.1, 0.15) is 0 Å². The van der Waals surface area contributed by atoms with E-state index in [2.05, 4.69) is 5.32 Å². The van der Waals surface area contributed by atoms with Gasteiger partial charge in [0.15, 0.2) is 6.61 Å².